The zero-order valence-corrected chi connectivity index (χ0v) is 18.2. The molecule has 0 radical (unpaired) electrons. The highest BCUT2D eigenvalue weighted by Crippen LogP contribution is 2.40. The lowest BCUT2D eigenvalue weighted by atomic mass is 10.1. The molecular formula is C19H20BrClN2O3S. The molecule has 0 aromatic heterocycles. The standard InChI is InChI=1S/C19H20BrClN2O3S/c1-12-9-15-10-16(20)11-18(19(15)23(12)13(2)24)27(25,26)22-8-7-14-3-5-17(21)6-4-14/h3-6,10-12,22H,7-9H2,1-2H3/t12-/m0/s1. The first-order chi connectivity index (χ1) is 12.7. The van der Waals surface area contributed by atoms with Crippen molar-refractivity contribution in [3.63, 3.8) is 0 Å². The lowest BCUT2D eigenvalue weighted by molar-refractivity contribution is -0.116. The largest absolute Gasteiger partial charge is 0.308 e. The Hall–Kier alpha value is -1.41. The van der Waals surface area contributed by atoms with Crippen LogP contribution in [0.1, 0.15) is 25.0 Å². The van der Waals surface area contributed by atoms with Gasteiger partial charge in [0.1, 0.15) is 4.90 Å². The Kier molecular flexibility index (Phi) is 5.96. The van der Waals surface area contributed by atoms with Crippen LogP contribution < -0.4 is 9.62 Å². The maximum atomic E-state index is 13.0. The van der Waals surface area contributed by atoms with Crippen LogP contribution in [-0.4, -0.2) is 26.9 Å². The van der Waals surface area contributed by atoms with Gasteiger partial charge in [-0.3, -0.25) is 4.79 Å². The van der Waals surface area contributed by atoms with Gasteiger partial charge in [-0.05, 0) is 55.2 Å². The summed E-state index contributed by atoms with van der Waals surface area (Å²) >= 11 is 9.26. The molecule has 2 aromatic rings. The van der Waals surface area contributed by atoms with Crippen molar-refractivity contribution in [2.45, 2.75) is 37.6 Å². The van der Waals surface area contributed by atoms with Gasteiger partial charge in [0.15, 0.2) is 0 Å². The van der Waals surface area contributed by atoms with E-state index >= 15 is 0 Å². The third kappa shape index (κ3) is 4.37. The Morgan fingerprint density at radius 1 is 1.30 bits per heavy atom. The normalized spacial score (nSPS) is 16.4. The Labute approximate surface area is 172 Å². The molecule has 0 saturated carbocycles. The number of carbonyl (C=O) groups is 1. The van der Waals surface area contributed by atoms with Crippen molar-refractivity contribution in [3.05, 3.63) is 57.0 Å². The van der Waals surface area contributed by atoms with Gasteiger partial charge in [-0.15, -0.1) is 0 Å². The van der Waals surface area contributed by atoms with Crippen LogP contribution in [0.4, 0.5) is 5.69 Å². The number of amides is 1. The average molecular weight is 472 g/mol. The second kappa shape index (κ2) is 7.91. The number of sulfonamides is 1. The molecular weight excluding hydrogens is 452 g/mol. The molecule has 27 heavy (non-hydrogen) atoms. The smallest absolute Gasteiger partial charge is 0.242 e. The topological polar surface area (TPSA) is 66.5 Å². The number of anilines is 1. The molecule has 0 unspecified atom stereocenters. The fourth-order valence-corrected chi connectivity index (χ4v) is 5.49. The number of nitrogens with one attached hydrogen (secondary N) is 1. The number of nitrogens with zero attached hydrogens (tertiary/aromatic N) is 1. The minimum atomic E-state index is -3.78. The zero-order valence-electron chi connectivity index (χ0n) is 15.0. The molecule has 0 spiro atoms. The molecule has 0 bridgehead atoms. The number of hydrogen-bond donors (Lipinski definition) is 1. The minimum absolute atomic E-state index is 0.0742. The van der Waals surface area contributed by atoms with Crippen molar-refractivity contribution >= 4 is 49.1 Å². The van der Waals surface area contributed by atoms with Gasteiger partial charge in [-0.2, -0.15) is 0 Å². The van der Waals surface area contributed by atoms with Gasteiger partial charge < -0.3 is 4.90 Å². The number of benzene rings is 2. The van der Waals surface area contributed by atoms with Crippen LogP contribution in [0.15, 0.2) is 45.8 Å². The van der Waals surface area contributed by atoms with Crippen molar-refractivity contribution in [3.8, 4) is 0 Å². The van der Waals surface area contributed by atoms with Crippen LogP contribution in [0.5, 0.6) is 0 Å². The minimum Gasteiger partial charge on any atom is -0.308 e. The van der Waals surface area contributed by atoms with E-state index in [-0.39, 0.29) is 23.4 Å². The van der Waals surface area contributed by atoms with Crippen LogP contribution >= 0.6 is 27.5 Å². The molecule has 1 heterocycles. The third-order valence-corrected chi connectivity index (χ3v) is 6.75. The second-order valence-corrected chi connectivity index (χ2v) is 9.72. The van der Waals surface area contributed by atoms with Crippen LogP contribution in [0, 0.1) is 0 Å². The summed E-state index contributed by atoms with van der Waals surface area (Å²) < 4.78 is 29.3. The fourth-order valence-electron chi connectivity index (χ4n) is 3.42. The molecule has 1 atom stereocenters. The Balaban J connectivity index is 1.86. The van der Waals surface area contributed by atoms with E-state index in [1.165, 1.54) is 6.92 Å². The first kappa shape index (κ1) is 20.3. The monoisotopic (exact) mass is 470 g/mol. The van der Waals surface area contributed by atoms with E-state index in [1.54, 1.807) is 23.1 Å². The van der Waals surface area contributed by atoms with Gasteiger partial charge >= 0.3 is 0 Å². The average Bonchev–Trinajstić information content (AvgIpc) is 2.91. The molecule has 144 valence electrons. The maximum Gasteiger partial charge on any atom is 0.242 e. The predicted molar refractivity (Wildman–Crippen MR) is 111 cm³/mol. The number of fused-ring (bicyclic) bond motifs is 1. The Bertz CT molecular complexity index is 977. The molecule has 1 aliphatic rings. The zero-order chi connectivity index (χ0) is 19.8. The van der Waals surface area contributed by atoms with E-state index in [9.17, 15) is 13.2 Å². The van der Waals surface area contributed by atoms with Gasteiger partial charge in [0.25, 0.3) is 0 Å². The molecule has 0 aliphatic carbocycles. The molecule has 0 saturated heterocycles. The fraction of sp³-hybridized carbons (Fsp3) is 0.316. The number of hydrogen-bond acceptors (Lipinski definition) is 3. The highest BCUT2D eigenvalue weighted by atomic mass is 79.9. The molecule has 1 N–H and O–H groups in total. The highest BCUT2D eigenvalue weighted by Gasteiger charge is 2.35. The van der Waals surface area contributed by atoms with Crippen LogP contribution in [0.2, 0.25) is 5.02 Å². The van der Waals surface area contributed by atoms with Gasteiger partial charge in [0.2, 0.25) is 15.9 Å². The molecule has 1 amide bonds. The van der Waals surface area contributed by atoms with Gasteiger partial charge in [0, 0.05) is 29.0 Å². The van der Waals surface area contributed by atoms with E-state index in [0.29, 0.717) is 28.0 Å². The van der Waals surface area contributed by atoms with Crippen molar-refractivity contribution in [1.29, 1.82) is 0 Å². The summed E-state index contributed by atoms with van der Waals surface area (Å²) in [4.78, 5) is 13.8. The summed E-state index contributed by atoms with van der Waals surface area (Å²) in [7, 11) is -3.78. The Morgan fingerprint density at radius 2 is 1.96 bits per heavy atom. The lowest BCUT2D eigenvalue weighted by Crippen LogP contribution is -2.35. The van der Waals surface area contributed by atoms with Crippen molar-refractivity contribution < 1.29 is 13.2 Å². The summed E-state index contributed by atoms with van der Waals surface area (Å²) in [6.45, 7) is 3.62. The van der Waals surface area contributed by atoms with Crippen LogP contribution in [0.25, 0.3) is 0 Å². The summed E-state index contributed by atoms with van der Waals surface area (Å²) in [5.41, 5.74) is 2.32. The molecule has 2 aromatic carbocycles. The second-order valence-electron chi connectivity index (χ2n) is 6.63. The molecule has 5 nitrogen and oxygen atoms in total. The van der Waals surface area contributed by atoms with E-state index in [2.05, 4.69) is 20.7 Å². The first-order valence-corrected chi connectivity index (χ1v) is 11.2. The SMILES string of the molecule is CC(=O)N1c2c(cc(Br)cc2S(=O)(=O)NCCc2ccc(Cl)cc2)C[C@@H]1C. The first-order valence-electron chi connectivity index (χ1n) is 8.55. The summed E-state index contributed by atoms with van der Waals surface area (Å²) in [5, 5.41) is 0.641. The predicted octanol–water partition coefficient (Wildman–Crippen LogP) is 3.92. The number of rotatable bonds is 5. The van der Waals surface area contributed by atoms with E-state index in [0.717, 1.165) is 11.1 Å². The quantitative estimate of drug-likeness (QED) is 0.719. The van der Waals surface area contributed by atoms with Gasteiger partial charge in [-0.1, -0.05) is 39.7 Å². The van der Waals surface area contributed by atoms with E-state index < -0.39 is 10.0 Å². The molecule has 1 aliphatic heterocycles. The lowest BCUT2D eigenvalue weighted by Gasteiger charge is -2.23. The molecule has 0 fully saturated rings. The summed E-state index contributed by atoms with van der Waals surface area (Å²) in [6, 6.07) is 10.6. The van der Waals surface area contributed by atoms with Gasteiger partial charge in [-0.25, -0.2) is 13.1 Å². The van der Waals surface area contributed by atoms with Crippen LogP contribution in [0.3, 0.4) is 0 Å². The number of carbonyl (C=O) groups excluding carboxylic acids is 1. The van der Waals surface area contributed by atoms with E-state index in [4.69, 9.17) is 11.6 Å². The maximum absolute atomic E-state index is 13.0. The van der Waals surface area contributed by atoms with Gasteiger partial charge in [0.05, 0.1) is 5.69 Å². The summed E-state index contributed by atoms with van der Waals surface area (Å²) in [6.07, 6.45) is 1.17. The molecule has 3 rings (SSSR count). The third-order valence-electron chi connectivity index (χ3n) is 4.56. The number of halogens is 2. The summed E-state index contributed by atoms with van der Waals surface area (Å²) in [5.74, 6) is -0.166. The van der Waals surface area contributed by atoms with Crippen molar-refractivity contribution in [1.82, 2.24) is 4.72 Å². The van der Waals surface area contributed by atoms with Crippen molar-refractivity contribution in [2.75, 3.05) is 11.4 Å². The molecule has 8 heteroatoms. The highest BCUT2D eigenvalue weighted by molar-refractivity contribution is 9.10. The van der Waals surface area contributed by atoms with E-state index in [1.807, 2.05) is 25.1 Å². The van der Waals surface area contributed by atoms with Crippen LogP contribution in [-0.2, 0) is 27.7 Å². The van der Waals surface area contributed by atoms with Crippen molar-refractivity contribution in [2.24, 2.45) is 0 Å². The Morgan fingerprint density at radius 3 is 2.59 bits per heavy atom.